The van der Waals surface area contributed by atoms with E-state index in [1.54, 1.807) is 4.90 Å². The Morgan fingerprint density at radius 2 is 2.11 bits per heavy atom. The van der Waals surface area contributed by atoms with Gasteiger partial charge in [0.1, 0.15) is 6.04 Å². The Morgan fingerprint density at radius 3 is 2.79 bits per heavy atom. The van der Waals surface area contributed by atoms with Gasteiger partial charge in [0, 0.05) is 25.6 Å². The zero-order chi connectivity index (χ0) is 13.7. The Morgan fingerprint density at radius 1 is 1.26 bits per heavy atom. The molecule has 2 fully saturated rings. The average Bonchev–Trinajstić information content (AvgIpc) is 2.47. The number of amides is 2. The number of nitrogens with zero attached hydrogens (tertiary/aromatic N) is 1. The molecule has 0 saturated carbocycles. The molecule has 0 aliphatic carbocycles. The van der Waals surface area contributed by atoms with E-state index >= 15 is 0 Å². The van der Waals surface area contributed by atoms with E-state index in [-0.39, 0.29) is 23.9 Å². The molecule has 19 heavy (non-hydrogen) atoms. The maximum atomic E-state index is 12.4. The summed E-state index contributed by atoms with van der Waals surface area (Å²) in [7, 11) is 0. The maximum absolute atomic E-state index is 12.4. The first kappa shape index (κ1) is 14.3. The second-order valence-corrected chi connectivity index (χ2v) is 5.50. The molecule has 2 unspecified atom stereocenters. The number of carbonyl (C=O) groups is 2. The van der Waals surface area contributed by atoms with Gasteiger partial charge in [-0.15, -0.1) is 0 Å². The van der Waals surface area contributed by atoms with Crippen molar-refractivity contribution in [3.05, 3.63) is 0 Å². The molecular formula is C14H25N3O2. The lowest BCUT2D eigenvalue weighted by Crippen LogP contribution is -2.55. The van der Waals surface area contributed by atoms with Crippen LogP contribution in [0.5, 0.6) is 0 Å². The highest BCUT2D eigenvalue weighted by atomic mass is 16.2. The van der Waals surface area contributed by atoms with E-state index in [2.05, 4.69) is 10.6 Å². The lowest BCUT2D eigenvalue weighted by atomic mass is 9.99. The number of hydrogen-bond donors (Lipinski definition) is 2. The van der Waals surface area contributed by atoms with Crippen LogP contribution in [0.4, 0.5) is 0 Å². The van der Waals surface area contributed by atoms with Crippen LogP contribution in [0.3, 0.4) is 0 Å². The highest BCUT2D eigenvalue weighted by molar-refractivity contribution is 5.88. The molecule has 5 nitrogen and oxygen atoms in total. The van der Waals surface area contributed by atoms with Crippen LogP contribution >= 0.6 is 0 Å². The molecule has 0 radical (unpaired) electrons. The van der Waals surface area contributed by atoms with Crippen LogP contribution in [0.1, 0.15) is 45.4 Å². The van der Waals surface area contributed by atoms with E-state index in [9.17, 15) is 9.59 Å². The van der Waals surface area contributed by atoms with Crippen LogP contribution in [0.25, 0.3) is 0 Å². The normalized spacial score (nSPS) is 27.9. The number of nitrogens with one attached hydrogen (secondary N) is 2. The highest BCUT2D eigenvalue weighted by Gasteiger charge is 2.32. The summed E-state index contributed by atoms with van der Waals surface area (Å²) >= 11 is 0. The molecule has 0 aromatic heterocycles. The van der Waals surface area contributed by atoms with Crippen molar-refractivity contribution in [2.45, 2.75) is 57.5 Å². The second-order valence-electron chi connectivity index (χ2n) is 5.50. The van der Waals surface area contributed by atoms with Gasteiger partial charge >= 0.3 is 0 Å². The monoisotopic (exact) mass is 267 g/mol. The predicted molar refractivity (Wildman–Crippen MR) is 73.7 cm³/mol. The molecule has 0 aromatic rings. The molecule has 5 heteroatoms. The van der Waals surface area contributed by atoms with Gasteiger partial charge in [-0.3, -0.25) is 9.59 Å². The smallest absolute Gasteiger partial charge is 0.243 e. The minimum absolute atomic E-state index is 0.0372. The van der Waals surface area contributed by atoms with Crippen molar-refractivity contribution in [1.82, 2.24) is 15.5 Å². The summed E-state index contributed by atoms with van der Waals surface area (Å²) in [6.45, 7) is 4.47. The molecule has 2 heterocycles. The van der Waals surface area contributed by atoms with Crippen LogP contribution in [0.2, 0.25) is 0 Å². The second kappa shape index (κ2) is 6.89. The van der Waals surface area contributed by atoms with E-state index in [4.69, 9.17) is 0 Å². The van der Waals surface area contributed by atoms with Crippen molar-refractivity contribution in [2.24, 2.45) is 0 Å². The van der Waals surface area contributed by atoms with Crippen molar-refractivity contribution in [3.63, 3.8) is 0 Å². The molecule has 2 N–H and O–H groups in total. The summed E-state index contributed by atoms with van der Waals surface area (Å²) in [6, 6.07) is -0.0233. The van der Waals surface area contributed by atoms with Gasteiger partial charge in [0.25, 0.3) is 0 Å². The molecule has 0 bridgehead atoms. The summed E-state index contributed by atoms with van der Waals surface area (Å²) in [5.74, 6) is 0.136. The van der Waals surface area contributed by atoms with Crippen molar-refractivity contribution in [3.8, 4) is 0 Å². The molecule has 108 valence electrons. The topological polar surface area (TPSA) is 61.4 Å². The van der Waals surface area contributed by atoms with Crippen molar-refractivity contribution in [1.29, 1.82) is 0 Å². The summed E-state index contributed by atoms with van der Waals surface area (Å²) in [6.07, 6.45) is 5.47. The molecule has 2 rings (SSSR count). The molecule has 0 spiro atoms. The Labute approximate surface area is 115 Å². The summed E-state index contributed by atoms with van der Waals surface area (Å²) < 4.78 is 0. The largest absolute Gasteiger partial charge is 0.350 e. The van der Waals surface area contributed by atoms with Gasteiger partial charge in [0.15, 0.2) is 0 Å². The number of rotatable bonds is 3. The fourth-order valence-electron chi connectivity index (χ4n) is 2.98. The summed E-state index contributed by atoms with van der Waals surface area (Å²) in [4.78, 5) is 26.0. The summed E-state index contributed by atoms with van der Waals surface area (Å²) in [5, 5.41) is 6.40. The number of hydrogen-bond acceptors (Lipinski definition) is 3. The molecular weight excluding hydrogens is 242 g/mol. The Hall–Kier alpha value is -1.10. The van der Waals surface area contributed by atoms with Gasteiger partial charge in [-0.1, -0.05) is 6.92 Å². The van der Waals surface area contributed by atoms with Crippen molar-refractivity contribution < 1.29 is 9.59 Å². The van der Waals surface area contributed by atoms with Gasteiger partial charge in [0.2, 0.25) is 11.8 Å². The Balaban J connectivity index is 1.92. The number of carbonyl (C=O) groups excluding carboxylic acids is 2. The third-order valence-corrected chi connectivity index (χ3v) is 4.07. The highest BCUT2D eigenvalue weighted by Crippen LogP contribution is 2.18. The fourth-order valence-corrected chi connectivity index (χ4v) is 2.98. The molecule has 2 aliphatic heterocycles. The third-order valence-electron chi connectivity index (χ3n) is 4.07. The number of piperidine rings is 2. The first-order valence-corrected chi connectivity index (χ1v) is 7.53. The van der Waals surface area contributed by atoms with Gasteiger partial charge in [-0.05, 0) is 38.6 Å². The van der Waals surface area contributed by atoms with Crippen LogP contribution in [-0.4, -0.2) is 48.4 Å². The van der Waals surface area contributed by atoms with Crippen LogP contribution < -0.4 is 10.6 Å². The fraction of sp³-hybridized carbons (Fsp3) is 0.857. The quantitative estimate of drug-likeness (QED) is 0.789. The lowest BCUT2D eigenvalue weighted by molar-refractivity contribution is -0.142. The van der Waals surface area contributed by atoms with Crippen LogP contribution in [0.15, 0.2) is 0 Å². The zero-order valence-electron chi connectivity index (χ0n) is 11.8. The van der Waals surface area contributed by atoms with Crippen molar-refractivity contribution >= 4 is 11.8 Å². The number of likely N-dealkylation sites (tertiary alicyclic amines) is 1. The van der Waals surface area contributed by atoms with Gasteiger partial charge in [-0.25, -0.2) is 0 Å². The molecule has 0 aromatic carbocycles. The van der Waals surface area contributed by atoms with Crippen LogP contribution in [-0.2, 0) is 9.59 Å². The van der Waals surface area contributed by atoms with E-state index < -0.39 is 0 Å². The molecule has 2 aliphatic rings. The van der Waals surface area contributed by atoms with E-state index in [0.29, 0.717) is 6.42 Å². The first-order chi connectivity index (χ1) is 9.22. The minimum Gasteiger partial charge on any atom is -0.350 e. The first-order valence-electron chi connectivity index (χ1n) is 7.53. The lowest BCUT2D eigenvalue weighted by Gasteiger charge is -2.36. The van der Waals surface area contributed by atoms with E-state index in [1.165, 1.54) is 0 Å². The Kier molecular flexibility index (Phi) is 5.19. The minimum atomic E-state index is -0.247. The summed E-state index contributed by atoms with van der Waals surface area (Å²) in [5.41, 5.74) is 0. The van der Waals surface area contributed by atoms with E-state index in [1.807, 2.05) is 6.92 Å². The zero-order valence-corrected chi connectivity index (χ0v) is 11.8. The molecule has 2 amide bonds. The van der Waals surface area contributed by atoms with Gasteiger partial charge < -0.3 is 15.5 Å². The third kappa shape index (κ3) is 3.69. The SMILES string of the molecule is CCC(=O)N1CCCCC1C(=O)NC1CCCNC1. The Bertz CT molecular complexity index is 327. The standard InChI is InChI=1S/C14H25N3O2/c1-2-13(18)17-9-4-3-7-12(17)14(19)16-11-6-5-8-15-10-11/h11-12,15H,2-10H2,1H3,(H,16,19). The molecule has 2 saturated heterocycles. The van der Waals surface area contributed by atoms with Crippen LogP contribution in [0, 0.1) is 0 Å². The van der Waals surface area contributed by atoms with Gasteiger partial charge in [0.05, 0.1) is 0 Å². The maximum Gasteiger partial charge on any atom is 0.243 e. The van der Waals surface area contributed by atoms with Crippen molar-refractivity contribution in [2.75, 3.05) is 19.6 Å². The predicted octanol–water partition coefficient (Wildman–Crippen LogP) is 0.646. The molecule has 2 atom stereocenters. The van der Waals surface area contributed by atoms with E-state index in [0.717, 1.165) is 51.7 Å². The average molecular weight is 267 g/mol. The van der Waals surface area contributed by atoms with Gasteiger partial charge in [-0.2, -0.15) is 0 Å².